The van der Waals surface area contributed by atoms with Gasteiger partial charge in [0.2, 0.25) is 5.91 Å². The van der Waals surface area contributed by atoms with E-state index >= 15 is 0 Å². The number of aliphatic carboxylic acids is 1. The first-order valence-electron chi connectivity index (χ1n) is 12.4. The Bertz CT molecular complexity index is 1370. The predicted octanol–water partition coefficient (Wildman–Crippen LogP) is 8.10. The number of rotatable bonds is 7. The Hall–Kier alpha value is -3.10. The third kappa shape index (κ3) is 6.07. The van der Waals surface area contributed by atoms with E-state index in [0.717, 1.165) is 11.6 Å². The number of carbonyl (C=O) groups excluding carboxylic acids is 1. The summed E-state index contributed by atoms with van der Waals surface area (Å²) in [5.74, 6) is -2.04. The quantitative estimate of drug-likeness (QED) is 0.307. The molecule has 5 nitrogen and oxygen atoms in total. The number of hydrogen-bond acceptors (Lipinski definition) is 3. The van der Waals surface area contributed by atoms with Crippen LogP contribution in [0.15, 0.2) is 66.7 Å². The average Bonchev–Trinajstić information content (AvgIpc) is 2.87. The summed E-state index contributed by atoms with van der Waals surface area (Å²) in [6.07, 6.45) is -4.68. The van der Waals surface area contributed by atoms with Gasteiger partial charge in [0.25, 0.3) is 0 Å². The van der Waals surface area contributed by atoms with E-state index in [1.165, 1.54) is 17.0 Å². The molecule has 1 saturated heterocycles. The fourth-order valence-electron chi connectivity index (χ4n) is 5.57. The summed E-state index contributed by atoms with van der Waals surface area (Å²) in [6.45, 7) is 3.36. The van der Waals surface area contributed by atoms with Crippen LogP contribution in [-0.2, 0) is 15.8 Å². The highest BCUT2D eigenvalue weighted by Crippen LogP contribution is 2.54. The second kappa shape index (κ2) is 11.2. The smallest absolute Gasteiger partial charge is 0.433 e. The van der Waals surface area contributed by atoms with Crippen LogP contribution < -0.4 is 0 Å². The summed E-state index contributed by atoms with van der Waals surface area (Å²) in [5.41, 5.74) is -0.838. The van der Waals surface area contributed by atoms with Crippen molar-refractivity contribution in [2.75, 3.05) is 0 Å². The van der Waals surface area contributed by atoms with E-state index in [2.05, 4.69) is 4.98 Å². The molecular weight excluding hydrogens is 552 g/mol. The minimum absolute atomic E-state index is 0.0732. The topological polar surface area (TPSA) is 70.5 Å². The molecular formula is C29H27Cl2F3N2O3. The second-order valence-corrected chi connectivity index (χ2v) is 10.9. The first-order valence-corrected chi connectivity index (χ1v) is 13.2. The highest BCUT2D eigenvalue weighted by Gasteiger charge is 2.52. The van der Waals surface area contributed by atoms with Crippen LogP contribution in [0, 0.1) is 5.41 Å². The molecule has 1 amide bonds. The maximum absolute atomic E-state index is 14.3. The maximum Gasteiger partial charge on any atom is 0.433 e. The van der Waals surface area contributed by atoms with Crippen molar-refractivity contribution in [2.45, 2.75) is 57.3 Å². The molecule has 39 heavy (non-hydrogen) atoms. The Balaban J connectivity index is 1.97. The number of amides is 1. The molecule has 1 unspecified atom stereocenters. The Morgan fingerprint density at radius 3 is 2.33 bits per heavy atom. The summed E-state index contributed by atoms with van der Waals surface area (Å²) in [7, 11) is 0. The lowest BCUT2D eigenvalue weighted by Gasteiger charge is -2.51. The molecule has 0 radical (unpaired) electrons. The van der Waals surface area contributed by atoms with Gasteiger partial charge >= 0.3 is 12.1 Å². The summed E-state index contributed by atoms with van der Waals surface area (Å²) in [4.78, 5) is 31.7. The van der Waals surface area contributed by atoms with E-state index in [1.54, 1.807) is 56.3 Å². The largest absolute Gasteiger partial charge is 0.481 e. The monoisotopic (exact) mass is 578 g/mol. The fourth-order valence-corrected chi connectivity index (χ4v) is 5.89. The number of piperidine rings is 1. The molecule has 1 fully saturated rings. The molecule has 3 aromatic rings. The molecule has 4 rings (SSSR count). The van der Waals surface area contributed by atoms with Gasteiger partial charge in [-0.3, -0.25) is 9.59 Å². The van der Waals surface area contributed by atoms with Crippen LogP contribution in [0.25, 0.3) is 0 Å². The zero-order valence-electron chi connectivity index (χ0n) is 21.3. The molecule has 2 heterocycles. The lowest BCUT2D eigenvalue weighted by molar-refractivity contribution is -0.161. The lowest BCUT2D eigenvalue weighted by Crippen LogP contribution is -2.53. The number of halogens is 5. The maximum atomic E-state index is 14.3. The Morgan fingerprint density at radius 1 is 1.08 bits per heavy atom. The van der Waals surface area contributed by atoms with Gasteiger partial charge in [0.1, 0.15) is 5.69 Å². The van der Waals surface area contributed by atoms with E-state index in [9.17, 15) is 27.9 Å². The molecule has 0 bridgehead atoms. The fraction of sp³-hybridized carbons (Fsp3) is 0.345. The van der Waals surface area contributed by atoms with Gasteiger partial charge in [0.05, 0.1) is 29.6 Å². The van der Waals surface area contributed by atoms with Crippen LogP contribution in [0.1, 0.15) is 73.6 Å². The standard InChI is InChI=1S/C29H27Cl2F3N2O3/c1-3-23(22-8-5-9-24(35-22)29(32,33)34)36-26(17-10-12-19(30)13-11-17)21(18-6-4-7-20(31)14-18)15-28(2,27(36)39)16-25(37)38/h4-14,21,23,26H,3,15-16H2,1-2H3,(H,37,38)/t21-,23?,26-,28-/m1/s1. The average molecular weight is 579 g/mol. The number of carbonyl (C=O) groups is 2. The molecule has 2 aromatic carbocycles. The van der Waals surface area contributed by atoms with Crippen molar-refractivity contribution in [1.82, 2.24) is 9.88 Å². The molecule has 4 atom stereocenters. The third-order valence-electron chi connectivity index (χ3n) is 7.26. The molecule has 0 saturated carbocycles. The summed E-state index contributed by atoms with van der Waals surface area (Å²) < 4.78 is 40.8. The van der Waals surface area contributed by atoms with Gasteiger partial charge in [-0.1, -0.05) is 67.4 Å². The van der Waals surface area contributed by atoms with Crippen LogP contribution in [0.4, 0.5) is 13.2 Å². The first-order chi connectivity index (χ1) is 18.3. The first kappa shape index (κ1) is 28.9. The van der Waals surface area contributed by atoms with E-state index < -0.39 is 53.6 Å². The molecule has 1 aromatic heterocycles. The van der Waals surface area contributed by atoms with Gasteiger partial charge in [0.15, 0.2) is 0 Å². The molecule has 1 aliphatic heterocycles. The Morgan fingerprint density at radius 2 is 1.74 bits per heavy atom. The van der Waals surface area contributed by atoms with Crippen LogP contribution in [0.2, 0.25) is 10.0 Å². The minimum Gasteiger partial charge on any atom is -0.481 e. The third-order valence-corrected chi connectivity index (χ3v) is 7.74. The highest BCUT2D eigenvalue weighted by molar-refractivity contribution is 6.30. The SMILES string of the molecule is CCC(c1cccc(C(F)(F)F)n1)N1C(=O)[C@@](C)(CC(=O)O)C[C@H](c2cccc(Cl)c2)[C@H]1c1ccc(Cl)cc1. The predicted molar refractivity (Wildman–Crippen MR) is 142 cm³/mol. The number of benzene rings is 2. The van der Waals surface area contributed by atoms with E-state index in [0.29, 0.717) is 15.6 Å². The molecule has 1 N–H and O–H groups in total. The van der Waals surface area contributed by atoms with E-state index in [1.807, 2.05) is 6.07 Å². The van der Waals surface area contributed by atoms with Crippen LogP contribution >= 0.6 is 23.2 Å². The number of carboxylic acids is 1. The van der Waals surface area contributed by atoms with Crippen molar-refractivity contribution in [3.63, 3.8) is 0 Å². The lowest BCUT2D eigenvalue weighted by atomic mass is 9.67. The van der Waals surface area contributed by atoms with Crippen molar-refractivity contribution in [3.8, 4) is 0 Å². The molecule has 1 aliphatic rings. The van der Waals surface area contributed by atoms with Gasteiger partial charge in [0, 0.05) is 16.0 Å². The molecule has 206 valence electrons. The number of nitrogens with zero attached hydrogens (tertiary/aromatic N) is 2. The van der Waals surface area contributed by atoms with Crippen molar-refractivity contribution >= 4 is 35.1 Å². The number of pyridine rings is 1. The summed E-state index contributed by atoms with van der Waals surface area (Å²) >= 11 is 12.5. The number of alkyl halides is 3. The Labute approximate surface area is 234 Å². The minimum atomic E-state index is -4.67. The number of likely N-dealkylation sites (tertiary alicyclic amines) is 1. The van der Waals surface area contributed by atoms with Gasteiger partial charge < -0.3 is 10.0 Å². The van der Waals surface area contributed by atoms with Gasteiger partial charge in [-0.15, -0.1) is 0 Å². The number of carboxylic acid groups (broad SMARTS) is 1. The second-order valence-electron chi connectivity index (χ2n) is 10.1. The van der Waals surface area contributed by atoms with Crippen molar-refractivity contribution in [3.05, 3.63) is 99.3 Å². The number of hydrogen-bond donors (Lipinski definition) is 1. The van der Waals surface area contributed by atoms with Crippen molar-refractivity contribution < 1.29 is 27.9 Å². The number of aromatic nitrogens is 1. The summed E-state index contributed by atoms with van der Waals surface area (Å²) in [6, 6.07) is 16.1. The summed E-state index contributed by atoms with van der Waals surface area (Å²) in [5, 5.41) is 10.7. The zero-order valence-corrected chi connectivity index (χ0v) is 22.8. The van der Waals surface area contributed by atoms with Crippen LogP contribution in [0.3, 0.4) is 0 Å². The van der Waals surface area contributed by atoms with Crippen molar-refractivity contribution in [2.24, 2.45) is 5.41 Å². The van der Waals surface area contributed by atoms with E-state index in [-0.39, 0.29) is 18.5 Å². The van der Waals surface area contributed by atoms with Crippen LogP contribution in [0.5, 0.6) is 0 Å². The van der Waals surface area contributed by atoms with Gasteiger partial charge in [-0.05, 0) is 60.4 Å². The van der Waals surface area contributed by atoms with E-state index in [4.69, 9.17) is 23.2 Å². The van der Waals surface area contributed by atoms with Gasteiger partial charge in [-0.2, -0.15) is 13.2 Å². The Kier molecular flexibility index (Phi) is 8.28. The molecule has 0 spiro atoms. The van der Waals surface area contributed by atoms with Crippen LogP contribution in [-0.4, -0.2) is 26.9 Å². The highest BCUT2D eigenvalue weighted by atomic mass is 35.5. The molecule has 0 aliphatic carbocycles. The normalized spacial score (nSPS) is 22.5. The zero-order chi connectivity index (χ0) is 28.5. The van der Waals surface area contributed by atoms with Crippen molar-refractivity contribution in [1.29, 1.82) is 0 Å². The molecule has 10 heteroatoms. The van der Waals surface area contributed by atoms with Gasteiger partial charge in [-0.25, -0.2) is 4.98 Å².